The first-order valence-corrected chi connectivity index (χ1v) is 6.72. The predicted molar refractivity (Wildman–Crippen MR) is 44.3 cm³/mol. The molecular formula is C7H14O2Si. The van der Waals surface area contributed by atoms with E-state index in [1.54, 1.807) is 13.0 Å². The summed E-state index contributed by atoms with van der Waals surface area (Å²) in [7, 11) is -1.66. The van der Waals surface area contributed by atoms with Gasteiger partial charge in [-0.1, -0.05) is 6.08 Å². The topological polar surface area (TPSA) is 26.3 Å². The second-order valence-electron chi connectivity index (χ2n) is 3.03. The zero-order valence-corrected chi connectivity index (χ0v) is 7.97. The van der Waals surface area contributed by atoms with Gasteiger partial charge in [0.1, 0.15) is 0 Å². The Hall–Kier alpha value is -0.573. The fraction of sp³-hybridized carbons (Fsp3) is 0.571. The lowest BCUT2D eigenvalue weighted by atomic mass is 10.5. The molecule has 0 heterocycles. The molecular weight excluding hydrogens is 144 g/mol. The van der Waals surface area contributed by atoms with E-state index in [0.29, 0.717) is 0 Å². The molecule has 0 amide bonds. The third-order valence-electron chi connectivity index (χ3n) is 0.710. The van der Waals surface area contributed by atoms with Gasteiger partial charge in [0, 0.05) is 6.08 Å². The zero-order valence-electron chi connectivity index (χ0n) is 6.97. The van der Waals surface area contributed by atoms with Crippen molar-refractivity contribution in [3.8, 4) is 0 Å². The maximum atomic E-state index is 10.8. The van der Waals surface area contributed by atoms with Gasteiger partial charge >= 0.3 is 5.97 Å². The summed E-state index contributed by atoms with van der Waals surface area (Å²) < 4.78 is 5.09. The summed E-state index contributed by atoms with van der Waals surface area (Å²) >= 11 is 0. The van der Waals surface area contributed by atoms with Gasteiger partial charge in [-0.15, -0.1) is 0 Å². The van der Waals surface area contributed by atoms with Crippen LogP contribution in [0.1, 0.15) is 6.92 Å². The first kappa shape index (κ1) is 9.43. The molecule has 0 saturated carbocycles. The van der Waals surface area contributed by atoms with Crippen LogP contribution in [0.4, 0.5) is 0 Å². The largest absolute Gasteiger partial charge is 0.517 e. The Labute approximate surface area is 63.0 Å². The number of carbonyl (C=O) groups is 1. The molecule has 0 aromatic rings. The molecule has 0 bridgehead atoms. The fourth-order valence-electron chi connectivity index (χ4n) is 0.472. The maximum Gasteiger partial charge on any atom is 0.317 e. The number of carbonyl (C=O) groups excluding carboxylic acids is 1. The molecule has 10 heavy (non-hydrogen) atoms. The second kappa shape index (κ2) is 3.56. The van der Waals surface area contributed by atoms with Gasteiger partial charge in [0.05, 0.1) is 0 Å². The van der Waals surface area contributed by atoms with Crippen molar-refractivity contribution in [1.82, 2.24) is 0 Å². The van der Waals surface area contributed by atoms with E-state index in [9.17, 15) is 4.79 Å². The summed E-state index contributed by atoms with van der Waals surface area (Å²) in [5, 5.41) is 0. The van der Waals surface area contributed by atoms with E-state index in [4.69, 9.17) is 4.43 Å². The van der Waals surface area contributed by atoms with Crippen LogP contribution in [0, 0.1) is 0 Å². The highest BCUT2D eigenvalue weighted by Crippen LogP contribution is 2.02. The highest BCUT2D eigenvalue weighted by Gasteiger charge is 2.17. The van der Waals surface area contributed by atoms with Crippen LogP contribution in [0.15, 0.2) is 12.2 Å². The molecule has 58 valence electrons. The summed E-state index contributed by atoms with van der Waals surface area (Å²) in [4.78, 5) is 10.8. The summed E-state index contributed by atoms with van der Waals surface area (Å²) in [5.41, 5.74) is 0. The number of rotatable bonds is 2. The molecule has 0 aromatic carbocycles. The molecule has 0 unspecified atom stereocenters. The first-order valence-electron chi connectivity index (χ1n) is 3.31. The second-order valence-corrected chi connectivity index (χ2v) is 7.46. The Kier molecular flexibility index (Phi) is 3.36. The van der Waals surface area contributed by atoms with E-state index in [2.05, 4.69) is 0 Å². The van der Waals surface area contributed by atoms with Gasteiger partial charge in [-0.25, -0.2) is 4.79 Å². The zero-order chi connectivity index (χ0) is 8.20. The molecule has 0 fully saturated rings. The van der Waals surface area contributed by atoms with Gasteiger partial charge in [-0.05, 0) is 26.6 Å². The first-order chi connectivity index (χ1) is 4.45. The van der Waals surface area contributed by atoms with Crippen LogP contribution in [0.3, 0.4) is 0 Å². The van der Waals surface area contributed by atoms with Gasteiger partial charge in [0.2, 0.25) is 8.32 Å². The summed E-state index contributed by atoms with van der Waals surface area (Å²) in [6, 6.07) is 0. The van der Waals surface area contributed by atoms with Crippen molar-refractivity contribution in [3.05, 3.63) is 12.2 Å². The number of hydrogen-bond acceptors (Lipinski definition) is 2. The molecule has 0 rings (SSSR count). The van der Waals surface area contributed by atoms with Gasteiger partial charge < -0.3 is 4.43 Å². The van der Waals surface area contributed by atoms with Gasteiger partial charge in [-0.3, -0.25) is 0 Å². The number of hydrogen-bond donors (Lipinski definition) is 0. The van der Waals surface area contributed by atoms with Crippen molar-refractivity contribution in [1.29, 1.82) is 0 Å². The minimum atomic E-state index is -1.66. The van der Waals surface area contributed by atoms with Crippen LogP contribution >= 0.6 is 0 Å². The molecule has 0 radical (unpaired) electrons. The molecule has 0 aliphatic carbocycles. The quantitative estimate of drug-likeness (QED) is 0.453. The maximum absolute atomic E-state index is 10.8. The monoisotopic (exact) mass is 158 g/mol. The van der Waals surface area contributed by atoms with Crippen molar-refractivity contribution >= 4 is 14.3 Å². The van der Waals surface area contributed by atoms with Crippen LogP contribution in [0.25, 0.3) is 0 Å². The van der Waals surface area contributed by atoms with Gasteiger partial charge in [-0.2, -0.15) is 0 Å². The SMILES string of the molecule is C/C=C\C(=O)O[Si](C)(C)C. The van der Waals surface area contributed by atoms with Crippen molar-refractivity contribution < 1.29 is 9.22 Å². The molecule has 0 aromatic heterocycles. The molecule has 0 saturated heterocycles. The molecule has 3 heteroatoms. The van der Waals surface area contributed by atoms with E-state index in [1.165, 1.54) is 6.08 Å². The Morgan fingerprint density at radius 2 is 1.90 bits per heavy atom. The third kappa shape index (κ3) is 5.56. The predicted octanol–water partition coefficient (Wildman–Crippen LogP) is 1.94. The minimum absolute atomic E-state index is 0.221. The van der Waals surface area contributed by atoms with Crippen LogP contribution in [0.2, 0.25) is 19.6 Å². The lowest BCUT2D eigenvalue weighted by molar-refractivity contribution is -0.129. The highest BCUT2D eigenvalue weighted by atomic mass is 28.4. The summed E-state index contributed by atoms with van der Waals surface area (Å²) in [6.45, 7) is 7.74. The van der Waals surface area contributed by atoms with E-state index in [0.717, 1.165) is 0 Å². The van der Waals surface area contributed by atoms with Crippen LogP contribution in [0.5, 0.6) is 0 Å². The summed E-state index contributed by atoms with van der Waals surface area (Å²) in [5.74, 6) is -0.221. The smallest absolute Gasteiger partial charge is 0.317 e. The van der Waals surface area contributed by atoms with Crippen molar-refractivity contribution in [3.63, 3.8) is 0 Å². The molecule has 0 aliphatic rings. The lowest BCUT2D eigenvalue weighted by Gasteiger charge is -2.15. The Morgan fingerprint density at radius 1 is 1.40 bits per heavy atom. The van der Waals surface area contributed by atoms with Crippen LogP contribution in [-0.2, 0) is 9.22 Å². The fourth-order valence-corrected chi connectivity index (χ4v) is 1.14. The average molecular weight is 158 g/mol. The Morgan fingerprint density at radius 3 is 2.20 bits per heavy atom. The van der Waals surface area contributed by atoms with E-state index in [1.807, 2.05) is 19.6 Å². The molecule has 0 spiro atoms. The molecule has 0 N–H and O–H groups in total. The Balaban J connectivity index is 3.81. The van der Waals surface area contributed by atoms with Crippen molar-refractivity contribution in [2.45, 2.75) is 26.6 Å². The Bertz CT molecular complexity index is 144. The van der Waals surface area contributed by atoms with Gasteiger partial charge in [0.15, 0.2) is 0 Å². The lowest BCUT2D eigenvalue weighted by Crippen LogP contribution is -2.28. The normalized spacial score (nSPS) is 12.0. The summed E-state index contributed by atoms with van der Waals surface area (Å²) in [6.07, 6.45) is 3.13. The van der Waals surface area contributed by atoms with Crippen molar-refractivity contribution in [2.75, 3.05) is 0 Å². The van der Waals surface area contributed by atoms with Crippen LogP contribution < -0.4 is 0 Å². The van der Waals surface area contributed by atoms with E-state index < -0.39 is 8.32 Å². The van der Waals surface area contributed by atoms with E-state index >= 15 is 0 Å². The highest BCUT2D eigenvalue weighted by molar-refractivity contribution is 6.71. The number of allylic oxidation sites excluding steroid dienone is 1. The van der Waals surface area contributed by atoms with Gasteiger partial charge in [0.25, 0.3) is 0 Å². The van der Waals surface area contributed by atoms with E-state index in [-0.39, 0.29) is 5.97 Å². The third-order valence-corrected chi connectivity index (χ3v) is 1.52. The standard InChI is InChI=1S/C7H14O2Si/c1-5-6-7(8)9-10(2,3)4/h5-6H,1-4H3/b6-5-. The molecule has 2 nitrogen and oxygen atoms in total. The van der Waals surface area contributed by atoms with Crippen molar-refractivity contribution in [2.24, 2.45) is 0 Å². The van der Waals surface area contributed by atoms with Crippen LogP contribution in [-0.4, -0.2) is 14.3 Å². The average Bonchev–Trinajstić information content (AvgIpc) is 1.59. The molecule has 0 atom stereocenters. The molecule has 0 aliphatic heterocycles. The minimum Gasteiger partial charge on any atom is -0.517 e.